The number of hydrogen-bond acceptors (Lipinski definition) is 3. The molecule has 1 saturated heterocycles. The third kappa shape index (κ3) is 5.29. The predicted octanol–water partition coefficient (Wildman–Crippen LogP) is 2.09. The third-order valence-corrected chi connectivity index (χ3v) is 4.42. The van der Waals surface area contributed by atoms with Crippen LogP contribution in [0, 0.1) is 11.8 Å². The van der Waals surface area contributed by atoms with Gasteiger partial charge in [-0.05, 0) is 31.1 Å². The van der Waals surface area contributed by atoms with E-state index in [4.69, 9.17) is 5.11 Å². The minimum atomic E-state index is -0.858. The molecular formula is C13H23NO3S. The fourth-order valence-electron chi connectivity index (χ4n) is 2.36. The molecule has 1 N–H and O–H groups in total. The summed E-state index contributed by atoms with van der Waals surface area (Å²) in [5, 5.41) is 8.53. The Balaban J connectivity index is 2.33. The van der Waals surface area contributed by atoms with Crippen LogP contribution >= 0.6 is 11.8 Å². The summed E-state index contributed by atoms with van der Waals surface area (Å²) in [5.41, 5.74) is 0. The van der Waals surface area contributed by atoms with Crippen LogP contribution in [0.4, 0.5) is 0 Å². The van der Waals surface area contributed by atoms with Crippen molar-refractivity contribution in [3.63, 3.8) is 0 Å². The second-order valence-corrected chi connectivity index (χ2v) is 6.19. The molecule has 1 atom stereocenters. The first-order valence-corrected chi connectivity index (χ1v) is 7.73. The maximum atomic E-state index is 11.9. The van der Waals surface area contributed by atoms with Gasteiger partial charge in [-0.2, -0.15) is 0 Å². The van der Waals surface area contributed by atoms with Crippen LogP contribution in [0.15, 0.2) is 0 Å². The Hall–Kier alpha value is -0.710. The number of rotatable bonds is 5. The smallest absolute Gasteiger partial charge is 0.313 e. The van der Waals surface area contributed by atoms with Gasteiger partial charge in [0.05, 0.1) is 11.5 Å². The molecule has 0 radical (unpaired) electrons. The highest BCUT2D eigenvalue weighted by Gasteiger charge is 2.22. The van der Waals surface area contributed by atoms with Gasteiger partial charge < -0.3 is 10.0 Å². The van der Waals surface area contributed by atoms with Gasteiger partial charge in [-0.25, -0.2) is 0 Å². The molecule has 5 heteroatoms. The van der Waals surface area contributed by atoms with Crippen LogP contribution in [0.3, 0.4) is 0 Å². The van der Waals surface area contributed by atoms with Crippen molar-refractivity contribution in [2.45, 2.75) is 33.1 Å². The Morgan fingerprint density at radius 2 is 2.00 bits per heavy atom. The van der Waals surface area contributed by atoms with Gasteiger partial charge in [0.25, 0.3) is 0 Å². The first-order chi connectivity index (χ1) is 8.50. The van der Waals surface area contributed by atoms with E-state index in [1.165, 1.54) is 18.2 Å². The van der Waals surface area contributed by atoms with Crippen molar-refractivity contribution in [2.75, 3.05) is 24.6 Å². The molecular weight excluding hydrogens is 250 g/mol. The Morgan fingerprint density at radius 1 is 1.28 bits per heavy atom. The van der Waals surface area contributed by atoms with Gasteiger partial charge >= 0.3 is 5.97 Å². The first kappa shape index (κ1) is 15.3. The quantitative estimate of drug-likeness (QED) is 0.833. The summed E-state index contributed by atoms with van der Waals surface area (Å²) >= 11 is 1.19. The van der Waals surface area contributed by atoms with Crippen LogP contribution in [0.5, 0.6) is 0 Å². The number of carbonyl (C=O) groups excluding carboxylic acids is 1. The molecule has 1 aliphatic rings. The lowest BCUT2D eigenvalue weighted by Gasteiger charge is -2.21. The molecule has 0 aromatic heterocycles. The standard InChI is InChI=1S/C13H23NO3S/c1-10(2)11-4-3-6-14(7-5-11)12(15)8-18-9-13(16)17/h10-11H,3-9H2,1-2H3,(H,16,17). The lowest BCUT2D eigenvalue weighted by molar-refractivity contribution is -0.133. The number of carboxylic acids is 1. The van der Waals surface area contributed by atoms with E-state index in [-0.39, 0.29) is 11.7 Å². The number of hydrogen-bond donors (Lipinski definition) is 1. The predicted molar refractivity (Wildman–Crippen MR) is 73.7 cm³/mol. The van der Waals surface area contributed by atoms with Gasteiger partial charge in [-0.15, -0.1) is 11.8 Å². The van der Waals surface area contributed by atoms with Crippen molar-refractivity contribution in [3.8, 4) is 0 Å². The van der Waals surface area contributed by atoms with E-state index < -0.39 is 5.97 Å². The summed E-state index contributed by atoms with van der Waals surface area (Å²) in [6.45, 7) is 6.14. The molecule has 1 heterocycles. The van der Waals surface area contributed by atoms with Crippen molar-refractivity contribution < 1.29 is 14.7 Å². The summed E-state index contributed by atoms with van der Waals surface area (Å²) < 4.78 is 0. The molecule has 104 valence electrons. The van der Waals surface area contributed by atoms with Crippen molar-refractivity contribution in [3.05, 3.63) is 0 Å². The van der Waals surface area contributed by atoms with Gasteiger partial charge in [0.1, 0.15) is 0 Å². The largest absolute Gasteiger partial charge is 0.481 e. The van der Waals surface area contributed by atoms with Crippen molar-refractivity contribution in [1.82, 2.24) is 4.90 Å². The van der Waals surface area contributed by atoms with Crippen LogP contribution in [0.1, 0.15) is 33.1 Å². The number of nitrogens with zero attached hydrogens (tertiary/aromatic N) is 1. The third-order valence-electron chi connectivity index (χ3n) is 3.52. The van der Waals surface area contributed by atoms with Gasteiger partial charge in [0.15, 0.2) is 0 Å². The zero-order valence-corrected chi connectivity index (χ0v) is 12.0. The molecule has 18 heavy (non-hydrogen) atoms. The Morgan fingerprint density at radius 3 is 2.61 bits per heavy atom. The van der Waals surface area contributed by atoms with E-state index in [1.807, 2.05) is 4.90 Å². The SMILES string of the molecule is CC(C)C1CCCN(C(=O)CSCC(=O)O)CC1. The zero-order valence-electron chi connectivity index (χ0n) is 11.2. The maximum absolute atomic E-state index is 11.9. The first-order valence-electron chi connectivity index (χ1n) is 6.58. The molecule has 0 saturated carbocycles. The number of likely N-dealkylation sites (tertiary alicyclic amines) is 1. The fourth-order valence-corrected chi connectivity index (χ4v) is 2.99. The second-order valence-electron chi connectivity index (χ2n) is 5.20. The number of aliphatic carboxylic acids is 1. The number of thioether (sulfide) groups is 1. The summed E-state index contributed by atoms with van der Waals surface area (Å²) in [6.07, 6.45) is 3.34. The molecule has 1 aliphatic heterocycles. The van der Waals surface area contributed by atoms with Gasteiger partial charge in [-0.1, -0.05) is 13.8 Å². The minimum absolute atomic E-state index is 0.00813. The molecule has 0 aromatic rings. The maximum Gasteiger partial charge on any atom is 0.313 e. The number of carboxylic acid groups (broad SMARTS) is 1. The van der Waals surface area contributed by atoms with E-state index in [0.717, 1.165) is 31.8 Å². The van der Waals surface area contributed by atoms with Crippen LogP contribution in [0.25, 0.3) is 0 Å². The normalized spacial score (nSPS) is 20.8. The van der Waals surface area contributed by atoms with Gasteiger partial charge in [0.2, 0.25) is 5.91 Å². The highest BCUT2D eigenvalue weighted by Crippen LogP contribution is 2.24. The highest BCUT2D eigenvalue weighted by molar-refractivity contribution is 8.00. The van der Waals surface area contributed by atoms with Gasteiger partial charge in [-0.3, -0.25) is 9.59 Å². The van der Waals surface area contributed by atoms with Crippen LogP contribution in [-0.4, -0.2) is 46.5 Å². The molecule has 1 unspecified atom stereocenters. The van der Waals surface area contributed by atoms with Gasteiger partial charge in [0, 0.05) is 13.1 Å². The van der Waals surface area contributed by atoms with Crippen LogP contribution < -0.4 is 0 Å². The topological polar surface area (TPSA) is 57.6 Å². The average molecular weight is 273 g/mol. The lowest BCUT2D eigenvalue weighted by Crippen LogP contribution is -2.33. The molecule has 0 aliphatic carbocycles. The Labute approximate surface area is 113 Å². The van der Waals surface area contributed by atoms with Crippen molar-refractivity contribution in [2.24, 2.45) is 11.8 Å². The lowest BCUT2D eigenvalue weighted by atomic mass is 9.89. The molecule has 0 aromatic carbocycles. The molecule has 4 nitrogen and oxygen atoms in total. The Kier molecular flexibility index (Phi) is 6.54. The van der Waals surface area contributed by atoms with E-state index in [1.54, 1.807) is 0 Å². The molecule has 0 spiro atoms. The summed E-state index contributed by atoms with van der Waals surface area (Å²) in [5.74, 6) is 0.928. The van der Waals surface area contributed by atoms with E-state index in [2.05, 4.69) is 13.8 Å². The van der Waals surface area contributed by atoms with E-state index >= 15 is 0 Å². The minimum Gasteiger partial charge on any atom is -0.481 e. The molecule has 1 amide bonds. The zero-order chi connectivity index (χ0) is 13.5. The molecule has 0 bridgehead atoms. The molecule has 1 rings (SSSR count). The summed E-state index contributed by atoms with van der Waals surface area (Å²) in [4.78, 5) is 24.2. The summed E-state index contributed by atoms with van der Waals surface area (Å²) in [7, 11) is 0. The summed E-state index contributed by atoms with van der Waals surface area (Å²) in [6, 6.07) is 0. The van der Waals surface area contributed by atoms with Crippen molar-refractivity contribution >= 4 is 23.6 Å². The monoisotopic (exact) mass is 273 g/mol. The van der Waals surface area contributed by atoms with E-state index in [0.29, 0.717) is 11.7 Å². The second kappa shape index (κ2) is 7.67. The van der Waals surface area contributed by atoms with E-state index in [9.17, 15) is 9.59 Å². The number of amides is 1. The Bertz CT molecular complexity index is 294. The average Bonchev–Trinajstić information content (AvgIpc) is 2.53. The van der Waals surface area contributed by atoms with Crippen molar-refractivity contribution in [1.29, 1.82) is 0 Å². The molecule has 1 fully saturated rings. The van der Waals surface area contributed by atoms with Crippen LogP contribution in [-0.2, 0) is 9.59 Å². The highest BCUT2D eigenvalue weighted by atomic mass is 32.2. The fraction of sp³-hybridized carbons (Fsp3) is 0.846. The van der Waals surface area contributed by atoms with Crippen LogP contribution in [0.2, 0.25) is 0 Å². The number of carbonyl (C=O) groups is 2.